The molecule has 1 aliphatic rings. The highest BCUT2D eigenvalue weighted by molar-refractivity contribution is 5.96. The summed E-state index contributed by atoms with van der Waals surface area (Å²) >= 11 is 0. The van der Waals surface area contributed by atoms with Gasteiger partial charge in [0.2, 0.25) is 5.91 Å². The van der Waals surface area contributed by atoms with E-state index in [1.165, 1.54) is 7.11 Å². The molecule has 0 unspecified atom stereocenters. The molecule has 0 spiro atoms. The van der Waals surface area contributed by atoms with E-state index in [0.717, 1.165) is 22.4 Å². The molecule has 0 radical (unpaired) electrons. The molecule has 1 atom stereocenters. The third kappa shape index (κ3) is 2.61. The molecule has 3 N–H and O–H groups in total. The number of hydrogen-bond acceptors (Lipinski definition) is 4. The Balaban J connectivity index is 1.86. The maximum absolute atomic E-state index is 12.1. The second-order valence-corrected chi connectivity index (χ2v) is 5.96. The van der Waals surface area contributed by atoms with Crippen LogP contribution in [-0.4, -0.2) is 28.3 Å². The zero-order valence-corrected chi connectivity index (χ0v) is 13.6. The molecule has 0 saturated heterocycles. The Bertz CT molecular complexity index is 934. The summed E-state index contributed by atoms with van der Waals surface area (Å²) in [7, 11) is 1.51. The number of anilines is 1. The van der Waals surface area contributed by atoms with Gasteiger partial charge in [-0.15, -0.1) is 0 Å². The number of nitrogens with zero attached hydrogens (tertiary/aromatic N) is 1. The number of aromatic nitrogens is 2. The van der Waals surface area contributed by atoms with Crippen molar-refractivity contribution in [2.75, 3.05) is 12.4 Å². The summed E-state index contributed by atoms with van der Waals surface area (Å²) in [5.41, 5.74) is 3.72. The van der Waals surface area contributed by atoms with Crippen LogP contribution in [0.3, 0.4) is 0 Å². The summed E-state index contributed by atoms with van der Waals surface area (Å²) < 4.78 is 5.21. The largest absolute Gasteiger partial charge is 0.504 e. The van der Waals surface area contributed by atoms with Gasteiger partial charge in [0.05, 0.1) is 12.8 Å². The van der Waals surface area contributed by atoms with Crippen LogP contribution in [0, 0.1) is 0 Å². The number of H-pyrrole nitrogens is 1. The van der Waals surface area contributed by atoms with Crippen LogP contribution in [0.25, 0.3) is 11.3 Å². The Morgan fingerprint density at radius 2 is 2.00 bits per heavy atom. The predicted molar refractivity (Wildman–Crippen MR) is 93.8 cm³/mol. The highest BCUT2D eigenvalue weighted by Crippen LogP contribution is 2.43. The van der Waals surface area contributed by atoms with Gasteiger partial charge in [-0.3, -0.25) is 9.89 Å². The first kappa shape index (κ1) is 15.3. The van der Waals surface area contributed by atoms with Crippen LogP contribution in [0.4, 0.5) is 5.82 Å². The standard InChI is InChI=1S/C19H17N3O3/c1-25-15-9-12(7-8-14(15)23)13-10-16(24)20-19-17(13)18(21-22-19)11-5-3-2-4-6-11/h2-9,13,23H,10H2,1H3,(H2,20,21,22,24)/t13-/m0/s1. The van der Waals surface area contributed by atoms with Gasteiger partial charge in [-0.2, -0.15) is 5.10 Å². The molecule has 0 fully saturated rings. The minimum Gasteiger partial charge on any atom is -0.504 e. The summed E-state index contributed by atoms with van der Waals surface area (Å²) in [5.74, 6) is 0.743. The quantitative estimate of drug-likeness (QED) is 0.685. The highest BCUT2D eigenvalue weighted by Gasteiger charge is 2.32. The number of phenolic OH excluding ortho intramolecular Hbond substituents is 1. The summed E-state index contributed by atoms with van der Waals surface area (Å²) in [6, 6.07) is 15.0. The zero-order chi connectivity index (χ0) is 17.4. The number of ether oxygens (including phenoxy) is 1. The Labute approximate surface area is 144 Å². The normalized spacial score (nSPS) is 16.2. The minimum atomic E-state index is -0.174. The topological polar surface area (TPSA) is 87.2 Å². The number of aromatic amines is 1. The van der Waals surface area contributed by atoms with Crippen molar-refractivity contribution in [1.29, 1.82) is 0 Å². The lowest BCUT2D eigenvalue weighted by molar-refractivity contribution is -0.116. The molecule has 25 heavy (non-hydrogen) atoms. The molecular formula is C19H17N3O3. The molecule has 6 heteroatoms. The molecule has 6 nitrogen and oxygen atoms in total. The summed E-state index contributed by atoms with van der Waals surface area (Å²) in [6.45, 7) is 0. The van der Waals surface area contributed by atoms with E-state index in [1.807, 2.05) is 36.4 Å². The highest BCUT2D eigenvalue weighted by atomic mass is 16.5. The Kier molecular flexibility index (Phi) is 3.65. The molecule has 0 bridgehead atoms. The van der Waals surface area contributed by atoms with E-state index < -0.39 is 0 Å². The summed E-state index contributed by atoms with van der Waals surface area (Å²) in [4.78, 5) is 12.1. The van der Waals surface area contributed by atoms with Gasteiger partial charge in [0.1, 0.15) is 0 Å². The molecule has 126 valence electrons. The minimum absolute atomic E-state index is 0.0715. The average molecular weight is 335 g/mol. The molecule has 2 aromatic carbocycles. The van der Waals surface area contributed by atoms with Gasteiger partial charge < -0.3 is 15.2 Å². The van der Waals surface area contributed by atoms with Crippen molar-refractivity contribution < 1.29 is 14.6 Å². The Hall–Kier alpha value is -3.28. The lowest BCUT2D eigenvalue weighted by Crippen LogP contribution is -2.23. The van der Waals surface area contributed by atoms with E-state index in [1.54, 1.807) is 12.1 Å². The maximum Gasteiger partial charge on any atom is 0.226 e. The molecule has 0 aliphatic carbocycles. The Morgan fingerprint density at radius 3 is 2.76 bits per heavy atom. The second-order valence-electron chi connectivity index (χ2n) is 5.96. The number of methoxy groups -OCH3 is 1. The molecule has 1 aromatic heterocycles. The van der Waals surface area contributed by atoms with Crippen molar-refractivity contribution in [3.63, 3.8) is 0 Å². The second kappa shape index (κ2) is 5.98. The first-order valence-corrected chi connectivity index (χ1v) is 7.98. The fourth-order valence-corrected chi connectivity index (χ4v) is 3.28. The smallest absolute Gasteiger partial charge is 0.226 e. The monoisotopic (exact) mass is 335 g/mol. The van der Waals surface area contributed by atoms with E-state index in [9.17, 15) is 9.90 Å². The Morgan fingerprint density at radius 1 is 1.20 bits per heavy atom. The molecular weight excluding hydrogens is 318 g/mol. The van der Waals surface area contributed by atoms with E-state index in [4.69, 9.17) is 4.74 Å². The summed E-state index contributed by atoms with van der Waals surface area (Å²) in [5, 5.41) is 20.0. The van der Waals surface area contributed by atoms with Crippen LogP contribution in [0.15, 0.2) is 48.5 Å². The SMILES string of the molecule is COc1cc([C@@H]2CC(=O)Nc3n[nH]c(-c4ccccc4)c32)ccc1O. The number of nitrogens with one attached hydrogen (secondary N) is 2. The predicted octanol–water partition coefficient (Wildman–Crippen LogP) is 3.27. The average Bonchev–Trinajstić information content (AvgIpc) is 3.06. The number of aromatic hydroxyl groups is 1. The number of fused-ring (bicyclic) bond motifs is 1. The number of phenols is 1. The van der Waals surface area contributed by atoms with Crippen molar-refractivity contribution >= 4 is 11.7 Å². The lowest BCUT2D eigenvalue weighted by Gasteiger charge is -2.24. The molecule has 0 saturated carbocycles. The molecule has 4 rings (SSSR count). The van der Waals surface area contributed by atoms with E-state index in [-0.39, 0.29) is 17.6 Å². The van der Waals surface area contributed by atoms with Crippen LogP contribution >= 0.6 is 0 Å². The number of hydrogen-bond donors (Lipinski definition) is 3. The van der Waals surface area contributed by atoms with Gasteiger partial charge in [-0.1, -0.05) is 36.4 Å². The van der Waals surface area contributed by atoms with Crippen molar-refractivity contribution in [3.05, 3.63) is 59.7 Å². The first-order valence-electron chi connectivity index (χ1n) is 7.98. The van der Waals surface area contributed by atoms with Gasteiger partial charge in [0.15, 0.2) is 17.3 Å². The van der Waals surface area contributed by atoms with Crippen molar-refractivity contribution in [2.24, 2.45) is 0 Å². The van der Waals surface area contributed by atoms with Crippen molar-refractivity contribution in [1.82, 2.24) is 10.2 Å². The third-order valence-electron chi connectivity index (χ3n) is 4.47. The molecule has 1 aliphatic heterocycles. The van der Waals surface area contributed by atoms with Crippen LogP contribution in [-0.2, 0) is 4.79 Å². The van der Waals surface area contributed by atoms with Crippen LogP contribution in [0.5, 0.6) is 11.5 Å². The van der Waals surface area contributed by atoms with Gasteiger partial charge >= 0.3 is 0 Å². The molecule has 1 amide bonds. The van der Waals surface area contributed by atoms with Gasteiger partial charge in [-0.05, 0) is 23.3 Å². The molecule has 2 heterocycles. The van der Waals surface area contributed by atoms with Crippen LogP contribution < -0.4 is 10.1 Å². The van der Waals surface area contributed by atoms with E-state index in [0.29, 0.717) is 18.0 Å². The number of rotatable bonds is 3. The molecule has 3 aromatic rings. The van der Waals surface area contributed by atoms with E-state index in [2.05, 4.69) is 15.5 Å². The fourth-order valence-electron chi connectivity index (χ4n) is 3.28. The number of carbonyl (C=O) groups is 1. The first-order chi connectivity index (χ1) is 12.2. The van der Waals surface area contributed by atoms with Gasteiger partial charge in [0.25, 0.3) is 0 Å². The number of amides is 1. The van der Waals surface area contributed by atoms with Crippen molar-refractivity contribution in [3.8, 4) is 22.8 Å². The van der Waals surface area contributed by atoms with Crippen molar-refractivity contribution in [2.45, 2.75) is 12.3 Å². The maximum atomic E-state index is 12.1. The van der Waals surface area contributed by atoms with Crippen LogP contribution in [0.2, 0.25) is 0 Å². The summed E-state index contributed by atoms with van der Waals surface area (Å²) in [6.07, 6.45) is 0.306. The third-order valence-corrected chi connectivity index (χ3v) is 4.47. The van der Waals surface area contributed by atoms with Gasteiger partial charge in [-0.25, -0.2) is 0 Å². The lowest BCUT2D eigenvalue weighted by atomic mass is 9.84. The fraction of sp³-hybridized carbons (Fsp3) is 0.158. The number of benzene rings is 2. The zero-order valence-electron chi connectivity index (χ0n) is 13.6. The van der Waals surface area contributed by atoms with Gasteiger partial charge in [0, 0.05) is 17.9 Å². The van der Waals surface area contributed by atoms with Crippen LogP contribution in [0.1, 0.15) is 23.5 Å². The van der Waals surface area contributed by atoms with E-state index >= 15 is 0 Å². The number of carbonyl (C=O) groups excluding carboxylic acids is 1.